The molecule has 1 atom stereocenters. The van der Waals surface area contributed by atoms with Crippen LogP contribution in [0.15, 0.2) is 45.8 Å². The summed E-state index contributed by atoms with van der Waals surface area (Å²) < 4.78 is 28.9. The van der Waals surface area contributed by atoms with Gasteiger partial charge in [0.05, 0.1) is 11.4 Å². The van der Waals surface area contributed by atoms with Crippen LogP contribution in [0.5, 0.6) is 0 Å². The van der Waals surface area contributed by atoms with Crippen LogP contribution in [0.3, 0.4) is 0 Å². The predicted molar refractivity (Wildman–Crippen MR) is 116 cm³/mol. The highest BCUT2D eigenvalue weighted by Gasteiger charge is 2.15. The maximum absolute atomic E-state index is 11.5. The molecule has 3 aromatic rings. The molecular formula is C22H26N4O3S. The van der Waals surface area contributed by atoms with E-state index in [0.717, 1.165) is 41.0 Å². The van der Waals surface area contributed by atoms with Crippen LogP contribution >= 0.6 is 0 Å². The molecule has 3 rings (SSSR count). The minimum absolute atomic E-state index is 0.0490. The van der Waals surface area contributed by atoms with E-state index in [-0.39, 0.29) is 5.03 Å². The van der Waals surface area contributed by atoms with Crippen LogP contribution in [0.2, 0.25) is 0 Å². The zero-order valence-corrected chi connectivity index (χ0v) is 18.5. The maximum atomic E-state index is 11.5. The molecule has 0 bridgehead atoms. The Bertz CT molecular complexity index is 1130. The van der Waals surface area contributed by atoms with E-state index in [0.29, 0.717) is 30.3 Å². The van der Waals surface area contributed by atoms with Crippen molar-refractivity contribution in [2.75, 3.05) is 6.26 Å². The first-order valence-electron chi connectivity index (χ1n) is 9.87. The van der Waals surface area contributed by atoms with Crippen molar-refractivity contribution in [3.63, 3.8) is 0 Å². The standard InChI is InChI=1S/C22H26N4O3S/c1-5-14(2)18(23)10-11-19-15(3)29-22(24-19)17-8-6-16(7-9-17)20-12-13-21(26-25-20)30(4,27)28/h6-9,12-14,23H,5,10-11H2,1-4H3. The van der Waals surface area contributed by atoms with Gasteiger partial charge in [-0.3, -0.25) is 0 Å². The van der Waals surface area contributed by atoms with Gasteiger partial charge in [-0.2, -0.15) is 0 Å². The summed E-state index contributed by atoms with van der Waals surface area (Å²) in [5, 5.41) is 15.9. The number of sulfone groups is 1. The molecule has 0 aliphatic carbocycles. The lowest BCUT2D eigenvalue weighted by Gasteiger charge is -2.09. The van der Waals surface area contributed by atoms with Gasteiger partial charge in [0.25, 0.3) is 0 Å². The van der Waals surface area contributed by atoms with Gasteiger partial charge in [-0.15, -0.1) is 10.2 Å². The van der Waals surface area contributed by atoms with Gasteiger partial charge < -0.3 is 9.83 Å². The molecule has 0 amide bonds. The third-order valence-corrected chi connectivity index (χ3v) is 6.16. The molecule has 1 N–H and O–H groups in total. The van der Waals surface area contributed by atoms with E-state index in [4.69, 9.17) is 9.83 Å². The number of aromatic nitrogens is 3. The molecule has 0 aliphatic rings. The normalized spacial score (nSPS) is 12.7. The molecule has 0 fully saturated rings. The van der Waals surface area contributed by atoms with E-state index in [2.05, 4.69) is 29.0 Å². The molecular weight excluding hydrogens is 400 g/mol. The third-order valence-electron chi connectivity index (χ3n) is 5.18. The fourth-order valence-corrected chi connectivity index (χ4v) is 3.49. The predicted octanol–water partition coefficient (Wildman–Crippen LogP) is 4.51. The molecule has 0 aliphatic heterocycles. The molecule has 0 saturated heterocycles. The van der Waals surface area contributed by atoms with Crippen molar-refractivity contribution in [1.29, 1.82) is 5.41 Å². The van der Waals surface area contributed by atoms with Crippen LogP contribution < -0.4 is 0 Å². The van der Waals surface area contributed by atoms with Crippen LogP contribution in [0.4, 0.5) is 0 Å². The fourth-order valence-electron chi connectivity index (χ4n) is 2.98. The van der Waals surface area contributed by atoms with Gasteiger partial charge >= 0.3 is 0 Å². The molecule has 8 heteroatoms. The van der Waals surface area contributed by atoms with E-state index in [9.17, 15) is 8.42 Å². The quantitative estimate of drug-likeness (QED) is 0.531. The van der Waals surface area contributed by atoms with Crippen molar-refractivity contribution in [3.8, 4) is 22.7 Å². The first kappa shape index (κ1) is 21.8. The molecule has 7 nitrogen and oxygen atoms in total. The van der Waals surface area contributed by atoms with Gasteiger partial charge in [-0.25, -0.2) is 13.4 Å². The smallest absolute Gasteiger partial charge is 0.226 e. The highest BCUT2D eigenvalue weighted by molar-refractivity contribution is 7.90. The van der Waals surface area contributed by atoms with Gasteiger partial charge in [-0.1, -0.05) is 26.0 Å². The Labute approximate surface area is 177 Å². The lowest BCUT2D eigenvalue weighted by Crippen LogP contribution is -2.10. The van der Waals surface area contributed by atoms with Gasteiger partial charge in [0, 0.05) is 23.1 Å². The van der Waals surface area contributed by atoms with Crippen molar-refractivity contribution in [2.45, 2.75) is 45.1 Å². The maximum Gasteiger partial charge on any atom is 0.226 e. The molecule has 2 aromatic heterocycles. The number of benzene rings is 1. The van der Waals surface area contributed by atoms with Crippen LogP contribution in [-0.2, 0) is 16.3 Å². The number of rotatable bonds is 8. The van der Waals surface area contributed by atoms with Crippen LogP contribution in [0.1, 0.15) is 38.1 Å². The largest absolute Gasteiger partial charge is 0.441 e. The SMILES string of the molecule is CCC(C)C(=N)CCc1nc(-c2ccc(-c3ccc(S(C)(=O)=O)nn3)cc2)oc1C. The van der Waals surface area contributed by atoms with Gasteiger partial charge in [0.2, 0.25) is 5.89 Å². The first-order valence-corrected chi connectivity index (χ1v) is 11.8. The number of hydrogen-bond acceptors (Lipinski definition) is 7. The van der Waals surface area contributed by atoms with E-state index in [1.165, 1.54) is 6.07 Å². The van der Waals surface area contributed by atoms with Crippen molar-refractivity contribution in [3.05, 3.63) is 47.9 Å². The number of aryl methyl sites for hydroxylation is 2. The third kappa shape index (κ3) is 4.99. The lowest BCUT2D eigenvalue weighted by molar-refractivity contribution is 0.539. The lowest BCUT2D eigenvalue weighted by atomic mass is 9.98. The summed E-state index contributed by atoms with van der Waals surface area (Å²) in [4.78, 5) is 4.62. The summed E-state index contributed by atoms with van der Waals surface area (Å²) in [7, 11) is -3.37. The minimum Gasteiger partial charge on any atom is -0.441 e. The van der Waals surface area contributed by atoms with Crippen LogP contribution in [0, 0.1) is 18.3 Å². The first-order chi connectivity index (χ1) is 14.2. The zero-order valence-electron chi connectivity index (χ0n) is 17.6. The average molecular weight is 427 g/mol. The molecule has 1 unspecified atom stereocenters. The number of nitrogens with zero attached hydrogens (tertiary/aromatic N) is 3. The van der Waals surface area contributed by atoms with E-state index in [1.807, 2.05) is 31.2 Å². The Hall–Kier alpha value is -2.87. The topological polar surface area (TPSA) is 110 Å². The van der Waals surface area contributed by atoms with E-state index in [1.54, 1.807) is 6.07 Å². The minimum atomic E-state index is -3.37. The van der Waals surface area contributed by atoms with Crippen molar-refractivity contribution in [1.82, 2.24) is 15.2 Å². The van der Waals surface area contributed by atoms with Crippen LogP contribution in [-0.4, -0.2) is 35.6 Å². The molecule has 1 aromatic carbocycles. The summed E-state index contributed by atoms with van der Waals surface area (Å²) in [5.74, 6) is 1.61. The second-order valence-corrected chi connectivity index (χ2v) is 9.43. The molecule has 158 valence electrons. The zero-order chi connectivity index (χ0) is 21.9. The fraction of sp³-hybridized carbons (Fsp3) is 0.364. The number of nitrogens with one attached hydrogen (secondary N) is 1. The van der Waals surface area contributed by atoms with Gasteiger partial charge in [-0.05, 0) is 56.4 Å². The molecule has 0 radical (unpaired) electrons. The van der Waals surface area contributed by atoms with Crippen molar-refractivity contribution >= 4 is 15.5 Å². The summed E-state index contributed by atoms with van der Waals surface area (Å²) in [5.41, 5.74) is 3.86. The summed E-state index contributed by atoms with van der Waals surface area (Å²) >= 11 is 0. The highest BCUT2D eigenvalue weighted by atomic mass is 32.2. The van der Waals surface area contributed by atoms with Crippen LogP contribution in [0.25, 0.3) is 22.7 Å². The Morgan fingerprint density at radius 2 is 1.77 bits per heavy atom. The molecule has 30 heavy (non-hydrogen) atoms. The monoisotopic (exact) mass is 426 g/mol. The van der Waals surface area contributed by atoms with E-state index >= 15 is 0 Å². The second-order valence-electron chi connectivity index (χ2n) is 7.46. The Balaban J connectivity index is 1.74. The summed E-state index contributed by atoms with van der Waals surface area (Å²) in [6.45, 7) is 6.06. The van der Waals surface area contributed by atoms with E-state index < -0.39 is 9.84 Å². The Morgan fingerprint density at radius 3 is 2.33 bits per heavy atom. The summed E-state index contributed by atoms with van der Waals surface area (Å²) in [6.07, 6.45) is 3.45. The van der Waals surface area contributed by atoms with Gasteiger partial charge in [0.1, 0.15) is 5.76 Å². The Morgan fingerprint density at radius 1 is 1.10 bits per heavy atom. The summed E-state index contributed by atoms with van der Waals surface area (Å²) in [6, 6.07) is 10.6. The highest BCUT2D eigenvalue weighted by Crippen LogP contribution is 2.26. The molecule has 2 heterocycles. The second kappa shape index (κ2) is 8.87. The van der Waals surface area contributed by atoms with Crippen molar-refractivity contribution in [2.24, 2.45) is 5.92 Å². The number of oxazole rings is 1. The van der Waals surface area contributed by atoms with Gasteiger partial charge in [0.15, 0.2) is 14.9 Å². The van der Waals surface area contributed by atoms with Crippen molar-refractivity contribution < 1.29 is 12.8 Å². The molecule has 0 saturated carbocycles. The number of hydrogen-bond donors (Lipinski definition) is 1. The molecule has 0 spiro atoms. The Kier molecular flexibility index (Phi) is 6.45. The average Bonchev–Trinajstić information content (AvgIpc) is 3.11.